The number of carboxylic acids is 1. The number of amides is 2. The average molecular weight is 270 g/mol. The van der Waals surface area contributed by atoms with Crippen molar-refractivity contribution >= 4 is 23.3 Å². The molecule has 18 heavy (non-hydrogen) atoms. The molecule has 0 aliphatic rings. The summed E-state index contributed by atoms with van der Waals surface area (Å²) in [5.74, 6) is -1.50. The third-order valence-corrected chi connectivity index (χ3v) is 3.22. The zero-order chi connectivity index (χ0) is 13.5. The number of carbonyl (C=O) groups is 2. The summed E-state index contributed by atoms with van der Waals surface area (Å²) in [6, 6.07) is 1.71. The van der Waals surface area contributed by atoms with Gasteiger partial charge in [0.15, 0.2) is 0 Å². The van der Waals surface area contributed by atoms with Crippen molar-refractivity contribution < 1.29 is 14.7 Å². The van der Waals surface area contributed by atoms with Gasteiger partial charge in [0.25, 0.3) is 0 Å². The second-order valence-corrected chi connectivity index (χ2v) is 5.11. The van der Waals surface area contributed by atoms with Crippen LogP contribution in [0.25, 0.3) is 0 Å². The number of hydrogen-bond acceptors (Lipinski definition) is 3. The number of urea groups is 1. The molecule has 1 aromatic heterocycles. The van der Waals surface area contributed by atoms with E-state index >= 15 is 0 Å². The van der Waals surface area contributed by atoms with Crippen molar-refractivity contribution in [1.29, 1.82) is 0 Å². The van der Waals surface area contributed by atoms with Crippen LogP contribution in [0.3, 0.4) is 0 Å². The van der Waals surface area contributed by atoms with E-state index in [2.05, 4.69) is 10.6 Å². The van der Waals surface area contributed by atoms with E-state index in [0.29, 0.717) is 0 Å². The van der Waals surface area contributed by atoms with Crippen LogP contribution in [0.5, 0.6) is 0 Å². The number of carbonyl (C=O) groups excluding carboxylic acids is 1. The van der Waals surface area contributed by atoms with Crippen LogP contribution in [0.4, 0.5) is 4.79 Å². The molecule has 6 heteroatoms. The van der Waals surface area contributed by atoms with Gasteiger partial charge in [-0.05, 0) is 35.7 Å². The quantitative estimate of drug-likeness (QED) is 0.736. The lowest BCUT2D eigenvalue weighted by Crippen LogP contribution is -2.43. The van der Waals surface area contributed by atoms with E-state index in [1.807, 2.05) is 23.8 Å². The molecule has 0 aromatic carbocycles. The van der Waals surface area contributed by atoms with Crippen molar-refractivity contribution in [1.82, 2.24) is 10.6 Å². The molecule has 100 valence electrons. The summed E-state index contributed by atoms with van der Waals surface area (Å²) in [7, 11) is 0. The summed E-state index contributed by atoms with van der Waals surface area (Å²) >= 11 is 1.62. The fraction of sp³-hybridized carbons (Fsp3) is 0.500. The van der Waals surface area contributed by atoms with Crippen LogP contribution in [0.1, 0.15) is 19.4 Å². The molecule has 2 atom stereocenters. The van der Waals surface area contributed by atoms with Crippen LogP contribution < -0.4 is 10.6 Å². The highest BCUT2D eigenvalue weighted by atomic mass is 32.1. The Hall–Kier alpha value is -1.56. The molecule has 0 radical (unpaired) electrons. The van der Waals surface area contributed by atoms with Gasteiger partial charge in [0.1, 0.15) is 0 Å². The number of thiophene rings is 1. The average Bonchev–Trinajstić information content (AvgIpc) is 2.78. The van der Waals surface area contributed by atoms with Gasteiger partial charge in [-0.25, -0.2) is 4.79 Å². The molecule has 0 aliphatic heterocycles. The number of aliphatic carboxylic acids is 1. The topological polar surface area (TPSA) is 78.4 Å². The molecule has 5 nitrogen and oxygen atoms in total. The second kappa shape index (κ2) is 7.00. The normalized spacial score (nSPS) is 13.7. The van der Waals surface area contributed by atoms with E-state index in [-0.39, 0.29) is 18.6 Å². The highest BCUT2D eigenvalue weighted by molar-refractivity contribution is 7.07. The highest BCUT2D eigenvalue weighted by Crippen LogP contribution is 2.08. The third-order valence-electron chi connectivity index (χ3n) is 2.49. The lowest BCUT2D eigenvalue weighted by Gasteiger charge is -2.15. The van der Waals surface area contributed by atoms with Crippen LogP contribution in [0.15, 0.2) is 16.8 Å². The lowest BCUT2D eigenvalue weighted by atomic mass is 10.1. The summed E-state index contributed by atoms with van der Waals surface area (Å²) in [5.41, 5.74) is 1.19. The molecule has 0 bridgehead atoms. The maximum atomic E-state index is 11.5. The maximum absolute atomic E-state index is 11.5. The fourth-order valence-electron chi connectivity index (χ4n) is 1.42. The molecule has 0 saturated heterocycles. The molecule has 0 spiro atoms. The molecule has 1 aromatic rings. The van der Waals surface area contributed by atoms with Gasteiger partial charge in [-0.1, -0.05) is 6.92 Å². The van der Waals surface area contributed by atoms with E-state index in [1.165, 1.54) is 5.56 Å². The van der Waals surface area contributed by atoms with Crippen LogP contribution in [0.2, 0.25) is 0 Å². The minimum Gasteiger partial charge on any atom is -0.481 e. The molecule has 0 fully saturated rings. The van der Waals surface area contributed by atoms with E-state index in [0.717, 1.165) is 6.42 Å². The zero-order valence-electron chi connectivity index (χ0n) is 10.5. The van der Waals surface area contributed by atoms with E-state index < -0.39 is 11.9 Å². The predicted octanol–water partition coefficient (Wildman–Crippen LogP) is 1.70. The Morgan fingerprint density at radius 1 is 1.44 bits per heavy atom. The lowest BCUT2D eigenvalue weighted by molar-refractivity contribution is -0.140. The van der Waals surface area contributed by atoms with Crippen LogP contribution in [0, 0.1) is 5.92 Å². The standard InChI is InChI=1S/C12H18N2O3S/c1-8(11(15)16)6-13-12(17)14-9(2)5-10-3-4-18-7-10/h3-4,7-9H,5-6H2,1-2H3,(H,15,16)(H2,13,14,17). The van der Waals surface area contributed by atoms with E-state index in [1.54, 1.807) is 18.3 Å². The van der Waals surface area contributed by atoms with Gasteiger partial charge in [-0.2, -0.15) is 11.3 Å². The molecule has 1 rings (SSSR count). The summed E-state index contributed by atoms with van der Waals surface area (Å²) in [5, 5.41) is 18.0. The Kier molecular flexibility index (Phi) is 5.64. The van der Waals surface area contributed by atoms with Gasteiger partial charge in [-0.15, -0.1) is 0 Å². The Morgan fingerprint density at radius 3 is 2.72 bits per heavy atom. The summed E-state index contributed by atoms with van der Waals surface area (Å²) in [6.45, 7) is 3.60. The first kappa shape index (κ1) is 14.5. The molecule has 2 unspecified atom stereocenters. The van der Waals surface area contributed by atoms with Crippen LogP contribution >= 0.6 is 11.3 Å². The SMILES string of the molecule is CC(Cc1ccsc1)NC(=O)NCC(C)C(=O)O. The number of nitrogens with one attached hydrogen (secondary N) is 2. The minimum atomic E-state index is -0.915. The molecule has 2 amide bonds. The second-order valence-electron chi connectivity index (χ2n) is 4.33. The first-order chi connectivity index (χ1) is 8.49. The summed E-state index contributed by atoms with van der Waals surface area (Å²) < 4.78 is 0. The van der Waals surface area contributed by atoms with Crippen molar-refractivity contribution in [3.63, 3.8) is 0 Å². The Labute approximate surface area is 110 Å². The van der Waals surface area contributed by atoms with Gasteiger partial charge in [-0.3, -0.25) is 4.79 Å². The van der Waals surface area contributed by atoms with Crippen molar-refractivity contribution in [3.05, 3.63) is 22.4 Å². The molecular formula is C12H18N2O3S. The van der Waals surface area contributed by atoms with E-state index in [9.17, 15) is 9.59 Å². The van der Waals surface area contributed by atoms with Crippen LogP contribution in [-0.2, 0) is 11.2 Å². The Morgan fingerprint density at radius 2 is 2.17 bits per heavy atom. The molecule has 0 aliphatic carbocycles. The zero-order valence-corrected chi connectivity index (χ0v) is 11.3. The van der Waals surface area contributed by atoms with Crippen molar-refractivity contribution in [2.75, 3.05) is 6.54 Å². The summed E-state index contributed by atoms with van der Waals surface area (Å²) in [4.78, 5) is 22.1. The number of rotatable bonds is 6. The van der Waals surface area contributed by atoms with Crippen molar-refractivity contribution in [2.24, 2.45) is 5.92 Å². The molecule has 1 heterocycles. The molecular weight excluding hydrogens is 252 g/mol. The summed E-state index contributed by atoms with van der Waals surface area (Å²) in [6.07, 6.45) is 0.769. The number of hydrogen-bond donors (Lipinski definition) is 3. The fourth-order valence-corrected chi connectivity index (χ4v) is 2.10. The highest BCUT2D eigenvalue weighted by Gasteiger charge is 2.13. The third kappa shape index (κ3) is 5.18. The first-order valence-corrected chi connectivity index (χ1v) is 6.71. The van der Waals surface area contributed by atoms with Gasteiger partial charge in [0.2, 0.25) is 0 Å². The molecule has 3 N–H and O–H groups in total. The Bertz CT molecular complexity index is 392. The maximum Gasteiger partial charge on any atom is 0.315 e. The van der Waals surface area contributed by atoms with Crippen molar-refractivity contribution in [2.45, 2.75) is 26.3 Å². The monoisotopic (exact) mass is 270 g/mol. The largest absolute Gasteiger partial charge is 0.481 e. The van der Waals surface area contributed by atoms with Gasteiger partial charge < -0.3 is 15.7 Å². The Balaban J connectivity index is 2.25. The first-order valence-electron chi connectivity index (χ1n) is 5.77. The predicted molar refractivity (Wildman–Crippen MR) is 70.8 cm³/mol. The van der Waals surface area contributed by atoms with Gasteiger partial charge in [0.05, 0.1) is 5.92 Å². The smallest absolute Gasteiger partial charge is 0.315 e. The van der Waals surface area contributed by atoms with Crippen molar-refractivity contribution in [3.8, 4) is 0 Å². The van der Waals surface area contributed by atoms with E-state index in [4.69, 9.17) is 5.11 Å². The van der Waals surface area contributed by atoms with Gasteiger partial charge in [0, 0.05) is 12.6 Å². The minimum absolute atomic E-state index is 0.0136. The molecule has 0 saturated carbocycles. The van der Waals surface area contributed by atoms with Gasteiger partial charge >= 0.3 is 12.0 Å². The number of carboxylic acid groups (broad SMARTS) is 1. The van der Waals surface area contributed by atoms with Crippen LogP contribution in [-0.4, -0.2) is 29.7 Å².